The van der Waals surface area contributed by atoms with E-state index < -0.39 is 0 Å². The quantitative estimate of drug-likeness (QED) is 0.181. The molecule has 0 aliphatic heterocycles. The molecule has 0 fully saturated rings. The van der Waals surface area contributed by atoms with Gasteiger partial charge in [0.15, 0.2) is 17.3 Å². The monoisotopic (exact) mass is 492 g/mol. The molecule has 8 nitrogen and oxygen atoms in total. The lowest BCUT2D eigenvalue weighted by Crippen LogP contribution is -2.10. The third-order valence-corrected chi connectivity index (χ3v) is 6.06. The molecule has 0 saturated carbocycles. The topological polar surface area (TPSA) is 87.2 Å². The maximum absolute atomic E-state index is 12.2. The number of hydrogen-bond donors (Lipinski definition) is 0. The molecular weight excluding hydrogens is 464 g/mol. The number of aromatic nitrogens is 6. The second kappa shape index (κ2) is 11.4. The van der Waals surface area contributed by atoms with Crippen molar-refractivity contribution >= 4 is 11.4 Å². The normalized spacial score (nSPS) is 11.0. The Morgan fingerprint density at radius 2 is 1.76 bits per heavy atom. The van der Waals surface area contributed by atoms with Crippen LogP contribution in [0, 0.1) is 0 Å². The fourth-order valence-corrected chi connectivity index (χ4v) is 4.02. The number of benzene rings is 2. The molecule has 0 amide bonds. The first-order valence-electron chi connectivity index (χ1n) is 12.3. The van der Waals surface area contributed by atoms with Crippen molar-refractivity contribution in [2.24, 2.45) is 0 Å². The zero-order chi connectivity index (χ0) is 25.5. The summed E-state index contributed by atoms with van der Waals surface area (Å²) >= 11 is 0. The molecule has 37 heavy (non-hydrogen) atoms. The van der Waals surface area contributed by atoms with E-state index in [9.17, 15) is 4.79 Å². The molecule has 8 heteroatoms. The highest BCUT2D eigenvalue weighted by atomic mass is 16.5. The second-order valence-electron chi connectivity index (χ2n) is 8.83. The number of hydrogen-bond acceptors (Lipinski definition) is 6. The van der Waals surface area contributed by atoms with Gasteiger partial charge in [-0.1, -0.05) is 49.0 Å². The van der Waals surface area contributed by atoms with E-state index in [-0.39, 0.29) is 5.78 Å². The minimum Gasteiger partial charge on any atom is -0.494 e. The number of rotatable bonds is 12. The summed E-state index contributed by atoms with van der Waals surface area (Å²) in [7, 11) is 0. The van der Waals surface area contributed by atoms with Gasteiger partial charge in [-0.25, -0.2) is 0 Å². The highest BCUT2D eigenvalue weighted by Gasteiger charge is 2.10. The number of carbonyl (C=O) groups is 1. The molecule has 0 aliphatic carbocycles. The predicted octanol–water partition coefficient (Wildman–Crippen LogP) is 4.95. The number of allylic oxidation sites excluding steroid dienone is 1. The Morgan fingerprint density at radius 3 is 2.54 bits per heavy atom. The van der Waals surface area contributed by atoms with Gasteiger partial charge in [0.05, 0.1) is 18.8 Å². The zero-order valence-corrected chi connectivity index (χ0v) is 20.5. The third kappa shape index (κ3) is 6.16. The van der Waals surface area contributed by atoms with Gasteiger partial charge in [0.1, 0.15) is 5.75 Å². The molecule has 0 aliphatic rings. The second-order valence-corrected chi connectivity index (χ2v) is 8.83. The molecule has 0 atom stereocenters. The van der Waals surface area contributed by atoms with Crippen LogP contribution >= 0.6 is 0 Å². The molecule has 3 aromatic heterocycles. The van der Waals surface area contributed by atoms with Gasteiger partial charge in [-0.05, 0) is 48.7 Å². The van der Waals surface area contributed by atoms with Crippen molar-refractivity contribution in [1.29, 1.82) is 0 Å². The van der Waals surface area contributed by atoms with E-state index in [0.717, 1.165) is 46.9 Å². The van der Waals surface area contributed by atoms with Gasteiger partial charge >= 0.3 is 0 Å². The predicted molar refractivity (Wildman–Crippen MR) is 141 cm³/mol. The molecular formula is C29H28N6O2. The van der Waals surface area contributed by atoms with E-state index in [0.29, 0.717) is 31.6 Å². The Kier molecular flexibility index (Phi) is 7.45. The van der Waals surface area contributed by atoms with Gasteiger partial charge < -0.3 is 4.74 Å². The number of nitrogens with zero attached hydrogens (tertiary/aromatic N) is 6. The standard InChI is InChI=1S/C29H28N6O2/c1-22(21-34-18-7-17-30-34)27(36)10-5-6-19-37-25-13-11-23(12-14-25)20-29-32-31-28-16-15-26(33-35(28)29)24-8-3-2-4-9-24/h2-4,7-9,11-18H,1,5-6,10,19-21H2. The molecule has 0 saturated heterocycles. The first kappa shape index (κ1) is 24.1. The molecule has 5 aromatic rings. The van der Waals surface area contributed by atoms with Gasteiger partial charge in [-0.3, -0.25) is 9.48 Å². The molecule has 0 bridgehead atoms. The summed E-state index contributed by atoms with van der Waals surface area (Å²) < 4.78 is 9.37. The number of carbonyl (C=O) groups excluding carboxylic acids is 1. The first-order valence-corrected chi connectivity index (χ1v) is 12.3. The zero-order valence-electron chi connectivity index (χ0n) is 20.5. The Morgan fingerprint density at radius 1 is 0.919 bits per heavy atom. The van der Waals surface area contributed by atoms with Crippen molar-refractivity contribution in [1.82, 2.24) is 29.6 Å². The fraction of sp³-hybridized carbons (Fsp3) is 0.207. The average Bonchev–Trinajstić information content (AvgIpc) is 3.59. The smallest absolute Gasteiger partial charge is 0.177 e. The number of ether oxygens (including phenoxy) is 1. The first-order chi connectivity index (χ1) is 18.2. The number of Topliss-reactive ketones (excluding diaryl/α,β-unsaturated/α-hetero) is 1. The van der Waals surface area contributed by atoms with Crippen molar-refractivity contribution in [2.45, 2.75) is 32.2 Å². The van der Waals surface area contributed by atoms with Gasteiger partial charge in [0, 0.05) is 36.4 Å². The van der Waals surface area contributed by atoms with Crippen LogP contribution in [0.2, 0.25) is 0 Å². The van der Waals surface area contributed by atoms with Crippen LogP contribution in [0.15, 0.2) is 97.3 Å². The Bertz CT molecular complexity index is 1470. The summed E-state index contributed by atoms with van der Waals surface area (Å²) in [5, 5.41) is 17.5. The van der Waals surface area contributed by atoms with Crippen LogP contribution in [0.5, 0.6) is 5.75 Å². The fourth-order valence-electron chi connectivity index (χ4n) is 4.02. The van der Waals surface area contributed by atoms with Gasteiger partial charge in [-0.2, -0.15) is 14.7 Å². The lowest BCUT2D eigenvalue weighted by atomic mass is 10.1. The van der Waals surface area contributed by atoms with Crippen molar-refractivity contribution in [2.75, 3.05) is 6.61 Å². The maximum atomic E-state index is 12.2. The molecule has 5 rings (SSSR count). The molecule has 3 heterocycles. The molecule has 0 spiro atoms. The molecule has 0 N–H and O–H groups in total. The van der Waals surface area contributed by atoms with Crippen LogP contribution in [0.4, 0.5) is 0 Å². The van der Waals surface area contributed by atoms with Gasteiger partial charge in [-0.15, -0.1) is 10.2 Å². The molecule has 0 radical (unpaired) electrons. The summed E-state index contributed by atoms with van der Waals surface area (Å²) in [5.41, 5.74) is 4.32. The minimum atomic E-state index is 0.0752. The molecule has 0 unspecified atom stereocenters. The number of fused-ring (bicyclic) bond motifs is 1. The van der Waals surface area contributed by atoms with Crippen LogP contribution < -0.4 is 4.74 Å². The van der Waals surface area contributed by atoms with E-state index in [2.05, 4.69) is 21.9 Å². The largest absolute Gasteiger partial charge is 0.494 e. The highest BCUT2D eigenvalue weighted by molar-refractivity contribution is 5.94. The van der Waals surface area contributed by atoms with E-state index in [1.54, 1.807) is 15.4 Å². The van der Waals surface area contributed by atoms with E-state index in [4.69, 9.17) is 9.84 Å². The Hall–Kier alpha value is -4.59. The van der Waals surface area contributed by atoms with E-state index in [1.807, 2.05) is 79.0 Å². The third-order valence-electron chi connectivity index (χ3n) is 6.06. The average molecular weight is 493 g/mol. The van der Waals surface area contributed by atoms with Crippen molar-refractivity contribution in [3.8, 4) is 17.0 Å². The number of ketones is 1. The van der Waals surface area contributed by atoms with E-state index in [1.165, 1.54) is 0 Å². The van der Waals surface area contributed by atoms with Gasteiger partial charge in [0.25, 0.3) is 0 Å². The Balaban J connectivity index is 1.10. The van der Waals surface area contributed by atoms with Crippen LogP contribution in [-0.2, 0) is 17.8 Å². The van der Waals surface area contributed by atoms with E-state index >= 15 is 0 Å². The lowest BCUT2D eigenvalue weighted by Gasteiger charge is -2.08. The molecule has 2 aromatic carbocycles. The number of unbranched alkanes of at least 4 members (excludes halogenated alkanes) is 1. The van der Waals surface area contributed by atoms with Crippen LogP contribution in [0.25, 0.3) is 16.9 Å². The van der Waals surface area contributed by atoms with Crippen molar-refractivity contribution in [3.05, 3.63) is 109 Å². The van der Waals surface area contributed by atoms with Crippen LogP contribution in [-0.4, -0.2) is 42.0 Å². The van der Waals surface area contributed by atoms with Gasteiger partial charge in [0.2, 0.25) is 0 Å². The SMILES string of the molecule is C=C(Cn1cccn1)C(=O)CCCCOc1ccc(Cc2nnc3ccc(-c4ccccc4)nn23)cc1. The summed E-state index contributed by atoms with van der Waals surface area (Å²) in [6, 6.07) is 23.8. The van der Waals surface area contributed by atoms with Crippen molar-refractivity contribution < 1.29 is 9.53 Å². The summed E-state index contributed by atoms with van der Waals surface area (Å²) in [5.74, 6) is 1.65. The highest BCUT2D eigenvalue weighted by Crippen LogP contribution is 2.19. The lowest BCUT2D eigenvalue weighted by molar-refractivity contribution is -0.115. The maximum Gasteiger partial charge on any atom is 0.177 e. The minimum absolute atomic E-state index is 0.0752. The van der Waals surface area contributed by atoms with Crippen LogP contribution in [0.3, 0.4) is 0 Å². The van der Waals surface area contributed by atoms with Crippen molar-refractivity contribution in [3.63, 3.8) is 0 Å². The summed E-state index contributed by atoms with van der Waals surface area (Å²) in [6.07, 6.45) is 6.14. The molecule has 186 valence electrons. The summed E-state index contributed by atoms with van der Waals surface area (Å²) in [4.78, 5) is 12.2. The summed E-state index contributed by atoms with van der Waals surface area (Å²) in [6.45, 7) is 4.88. The van der Waals surface area contributed by atoms with Crippen LogP contribution in [0.1, 0.15) is 30.7 Å². The Labute approximate surface area is 215 Å².